The van der Waals surface area contributed by atoms with Crippen LogP contribution in [0, 0.1) is 20.8 Å². The molecule has 0 unspecified atom stereocenters. The number of rotatable bonds is 4. The fraction of sp³-hybridized carbons (Fsp3) is 0.174. The minimum Gasteiger partial charge on any atom is -0.325 e. The van der Waals surface area contributed by atoms with E-state index in [0.29, 0.717) is 20.9 Å². The summed E-state index contributed by atoms with van der Waals surface area (Å²) in [6, 6.07) is 13.0. The number of thiophene rings is 1. The highest BCUT2D eigenvalue weighted by Crippen LogP contribution is 2.37. The van der Waals surface area contributed by atoms with Crippen molar-refractivity contribution in [1.29, 1.82) is 0 Å². The summed E-state index contributed by atoms with van der Waals surface area (Å²) in [6.07, 6.45) is 1.44. The van der Waals surface area contributed by atoms with Crippen LogP contribution in [0.25, 0.3) is 21.3 Å². The van der Waals surface area contributed by atoms with E-state index in [2.05, 4.69) is 28.5 Å². The minimum absolute atomic E-state index is 0.120. The summed E-state index contributed by atoms with van der Waals surface area (Å²) in [4.78, 5) is 32.0. The lowest BCUT2D eigenvalue weighted by molar-refractivity contribution is -0.116. The maximum absolute atomic E-state index is 13.3. The molecule has 0 saturated heterocycles. The molecule has 30 heavy (non-hydrogen) atoms. The Balaban J connectivity index is 1.73. The number of halogens is 1. The number of carbonyl (C=O) groups is 1. The third kappa shape index (κ3) is 3.88. The number of carbonyl (C=O) groups excluding carboxylic acids is 1. The molecular weight excluding hydrogens is 418 g/mol. The monoisotopic (exact) mass is 437 g/mol. The number of nitrogens with zero attached hydrogens (tertiary/aromatic N) is 2. The molecule has 1 N–H and O–H groups in total. The number of hydrogen-bond acceptors (Lipinski definition) is 4. The van der Waals surface area contributed by atoms with Crippen LogP contribution in [0.15, 0.2) is 53.6 Å². The summed E-state index contributed by atoms with van der Waals surface area (Å²) < 4.78 is 1.36. The fourth-order valence-electron chi connectivity index (χ4n) is 3.47. The highest BCUT2D eigenvalue weighted by molar-refractivity contribution is 7.19. The van der Waals surface area contributed by atoms with Crippen molar-refractivity contribution in [3.63, 3.8) is 0 Å². The second-order valence-corrected chi connectivity index (χ2v) is 8.90. The average Bonchev–Trinajstić information content (AvgIpc) is 3.04. The van der Waals surface area contributed by atoms with E-state index in [1.54, 1.807) is 24.3 Å². The zero-order chi connectivity index (χ0) is 21.4. The normalized spacial score (nSPS) is 11.1. The van der Waals surface area contributed by atoms with E-state index < -0.39 is 0 Å². The van der Waals surface area contributed by atoms with Gasteiger partial charge in [0.25, 0.3) is 5.56 Å². The maximum atomic E-state index is 13.3. The standard InChI is InChI=1S/C23H20ClN3O2S/c1-13-4-5-14(2)18(10-13)20-15(3)30-22-21(20)23(29)27(12-25-22)11-19(28)26-17-8-6-16(24)7-9-17/h4-10,12H,11H2,1-3H3,(H,26,28). The molecule has 2 aromatic heterocycles. The molecule has 0 bridgehead atoms. The van der Waals surface area contributed by atoms with Crippen LogP contribution in [0.1, 0.15) is 16.0 Å². The minimum atomic E-state index is -0.305. The predicted octanol–water partition coefficient (Wildman–Crippen LogP) is 5.34. The van der Waals surface area contributed by atoms with Gasteiger partial charge in [-0.25, -0.2) is 4.98 Å². The van der Waals surface area contributed by atoms with E-state index in [9.17, 15) is 9.59 Å². The molecule has 0 spiro atoms. The Bertz CT molecular complexity index is 1320. The van der Waals surface area contributed by atoms with Crippen molar-refractivity contribution < 1.29 is 4.79 Å². The summed E-state index contributed by atoms with van der Waals surface area (Å²) in [5.41, 5.74) is 4.56. The van der Waals surface area contributed by atoms with Gasteiger partial charge in [-0.05, 0) is 56.2 Å². The number of amides is 1. The second kappa shape index (κ2) is 8.05. The van der Waals surface area contributed by atoms with Gasteiger partial charge < -0.3 is 5.32 Å². The van der Waals surface area contributed by atoms with Gasteiger partial charge in [-0.15, -0.1) is 11.3 Å². The maximum Gasteiger partial charge on any atom is 0.263 e. The van der Waals surface area contributed by atoms with Crippen LogP contribution in [0.2, 0.25) is 5.02 Å². The largest absolute Gasteiger partial charge is 0.325 e. The third-order valence-electron chi connectivity index (χ3n) is 4.96. The van der Waals surface area contributed by atoms with E-state index in [1.165, 1.54) is 22.2 Å². The van der Waals surface area contributed by atoms with Gasteiger partial charge in [0.2, 0.25) is 5.91 Å². The van der Waals surface area contributed by atoms with E-state index in [4.69, 9.17) is 11.6 Å². The van der Waals surface area contributed by atoms with Crippen LogP contribution in [0.3, 0.4) is 0 Å². The molecule has 2 heterocycles. The molecule has 0 aliphatic rings. The molecule has 0 aliphatic heterocycles. The number of benzene rings is 2. The number of nitrogens with one attached hydrogen (secondary N) is 1. The summed E-state index contributed by atoms with van der Waals surface area (Å²) >= 11 is 7.37. The Morgan fingerprint density at radius 2 is 1.87 bits per heavy atom. The van der Waals surface area contributed by atoms with Crippen molar-refractivity contribution in [2.24, 2.45) is 0 Å². The topological polar surface area (TPSA) is 64.0 Å². The van der Waals surface area contributed by atoms with Crippen LogP contribution in [-0.2, 0) is 11.3 Å². The van der Waals surface area contributed by atoms with E-state index in [-0.39, 0.29) is 18.0 Å². The van der Waals surface area contributed by atoms with Crippen molar-refractivity contribution in [1.82, 2.24) is 9.55 Å². The highest BCUT2D eigenvalue weighted by Gasteiger charge is 2.19. The smallest absolute Gasteiger partial charge is 0.263 e. The number of hydrogen-bond donors (Lipinski definition) is 1. The van der Waals surface area contributed by atoms with E-state index >= 15 is 0 Å². The lowest BCUT2D eigenvalue weighted by Gasteiger charge is -2.10. The van der Waals surface area contributed by atoms with Gasteiger partial charge in [-0.2, -0.15) is 0 Å². The lowest BCUT2D eigenvalue weighted by Crippen LogP contribution is -2.27. The molecule has 5 nitrogen and oxygen atoms in total. The molecule has 152 valence electrons. The average molecular weight is 438 g/mol. The van der Waals surface area contributed by atoms with Gasteiger partial charge in [-0.1, -0.05) is 35.4 Å². The van der Waals surface area contributed by atoms with Crippen LogP contribution in [0.4, 0.5) is 5.69 Å². The van der Waals surface area contributed by atoms with Crippen LogP contribution >= 0.6 is 22.9 Å². The molecular formula is C23H20ClN3O2S. The Morgan fingerprint density at radius 1 is 1.13 bits per heavy atom. The summed E-state index contributed by atoms with van der Waals surface area (Å²) in [5.74, 6) is -0.305. The second-order valence-electron chi connectivity index (χ2n) is 7.26. The Hall–Kier alpha value is -2.96. The molecule has 0 atom stereocenters. The molecule has 2 aromatic carbocycles. The fourth-order valence-corrected chi connectivity index (χ4v) is 4.59. The van der Waals surface area contributed by atoms with Gasteiger partial charge in [0.15, 0.2) is 0 Å². The highest BCUT2D eigenvalue weighted by atomic mass is 35.5. The van der Waals surface area contributed by atoms with Gasteiger partial charge in [0.05, 0.1) is 11.7 Å². The number of aromatic nitrogens is 2. The number of aryl methyl sites for hydroxylation is 3. The first kappa shape index (κ1) is 20.3. The molecule has 0 radical (unpaired) electrons. The Morgan fingerprint density at radius 3 is 2.60 bits per heavy atom. The van der Waals surface area contributed by atoms with Gasteiger partial charge >= 0.3 is 0 Å². The Labute approximate surface area is 183 Å². The molecule has 4 rings (SSSR count). The first-order valence-electron chi connectivity index (χ1n) is 9.45. The molecule has 1 amide bonds. The molecule has 0 aliphatic carbocycles. The van der Waals surface area contributed by atoms with Crippen molar-refractivity contribution in [3.05, 3.63) is 80.2 Å². The zero-order valence-corrected chi connectivity index (χ0v) is 18.4. The first-order valence-corrected chi connectivity index (χ1v) is 10.6. The van der Waals surface area contributed by atoms with Crippen LogP contribution in [-0.4, -0.2) is 15.5 Å². The van der Waals surface area contributed by atoms with Crippen LogP contribution in [0.5, 0.6) is 0 Å². The predicted molar refractivity (Wildman–Crippen MR) is 124 cm³/mol. The molecule has 7 heteroatoms. The van der Waals surface area contributed by atoms with Crippen molar-refractivity contribution in [2.75, 3.05) is 5.32 Å². The molecule has 0 saturated carbocycles. The summed E-state index contributed by atoms with van der Waals surface area (Å²) in [5, 5.41) is 3.93. The SMILES string of the molecule is Cc1ccc(C)c(-c2c(C)sc3ncn(CC(=O)Nc4ccc(Cl)cc4)c(=O)c23)c1. The number of anilines is 1. The molecule has 0 fully saturated rings. The van der Waals surface area contributed by atoms with Crippen molar-refractivity contribution in [2.45, 2.75) is 27.3 Å². The third-order valence-corrected chi connectivity index (χ3v) is 6.22. The lowest BCUT2D eigenvalue weighted by atomic mass is 9.97. The summed E-state index contributed by atoms with van der Waals surface area (Å²) in [7, 11) is 0. The first-order chi connectivity index (χ1) is 14.3. The Kier molecular flexibility index (Phi) is 5.45. The van der Waals surface area contributed by atoms with Crippen molar-refractivity contribution in [3.8, 4) is 11.1 Å². The molecule has 4 aromatic rings. The quantitative estimate of drug-likeness (QED) is 0.468. The van der Waals surface area contributed by atoms with E-state index in [0.717, 1.165) is 27.1 Å². The van der Waals surface area contributed by atoms with Crippen LogP contribution < -0.4 is 10.9 Å². The van der Waals surface area contributed by atoms with Gasteiger partial charge in [0.1, 0.15) is 11.4 Å². The van der Waals surface area contributed by atoms with Crippen molar-refractivity contribution >= 4 is 44.7 Å². The van der Waals surface area contributed by atoms with Gasteiger partial charge in [-0.3, -0.25) is 14.2 Å². The zero-order valence-electron chi connectivity index (χ0n) is 16.8. The van der Waals surface area contributed by atoms with E-state index in [1.807, 2.05) is 20.8 Å². The van der Waals surface area contributed by atoms with Gasteiger partial charge in [0, 0.05) is 21.2 Å². The number of fused-ring (bicyclic) bond motifs is 1. The summed E-state index contributed by atoms with van der Waals surface area (Å²) in [6.45, 7) is 5.95.